The summed E-state index contributed by atoms with van der Waals surface area (Å²) in [5.41, 5.74) is 2.67. The van der Waals surface area contributed by atoms with E-state index in [2.05, 4.69) is 11.0 Å². The SMILES string of the molecule is Oc1ccc2c(c1)N(CC1CC1)CCC2. The molecule has 2 aliphatic rings. The Morgan fingerprint density at radius 2 is 2.20 bits per heavy atom. The monoisotopic (exact) mass is 203 g/mol. The third-order valence-electron chi connectivity index (χ3n) is 3.46. The normalized spacial score (nSPS) is 20.1. The van der Waals surface area contributed by atoms with Gasteiger partial charge in [-0.2, -0.15) is 0 Å². The van der Waals surface area contributed by atoms with Gasteiger partial charge in [-0.05, 0) is 43.2 Å². The summed E-state index contributed by atoms with van der Waals surface area (Å²) in [6, 6.07) is 5.81. The van der Waals surface area contributed by atoms with Crippen LogP contribution < -0.4 is 4.90 Å². The Morgan fingerprint density at radius 3 is 3.00 bits per heavy atom. The minimum atomic E-state index is 0.399. The largest absolute Gasteiger partial charge is 0.508 e. The van der Waals surface area contributed by atoms with E-state index in [4.69, 9.17) is 0 Å². The molecule has 1 fully saturated rings. The van der Waals surface area contributed by atoms with Gasteiger partial charge in [-0.1, -0.05) is 6.07 Å². The predicted octanol–water partition coefficient (Wildman–Crippen LogP) is 2.55. The molecule has 1 aromatic carbocycles. The first-order chi connectivity index (χ1) is 7.33. The van der Waals surface area contributed by atoms with Crippen LogP contribution in [0.3, 0.4) is 0 Å². The number of phenols is 1. The van der Waals surface area contributed by atoms with Gasteiger partial charge in [-0.3, -0.25) is 0 Å². The second kappa shape index (κ2) is 3.44. The number of rotatable bonds is 2. The van der Waals surface area contributed by atoms with Crippen molar-refractivity contribution in [3.8, 4) is 5.75 Å². The second-order valence-corrected chi connectivity index (χ2v) is 4.81. The number of fused-ring (bicyclic) bond motifs is 1. The van der Waals surface area contributed by atoms with Crippen molar-refractivity contribution in [1.82, 2.24) is 0 Å². The van der Waals surface area contributed by atoms with Crippen LogP contribution >= 0.6 is 0 Å². The Balaban J connectivity index is 1.89. The van der Waals surface area contributed by atoms with Gasteiger partial charge in [-0.25, -0.2) is 0 Å². The number of hydrogen-bond acceptors (Lipinski definition) is 2. The molecular weight excluding hydrogens is 186 g/mol. The summed E-state index contributed by atoms with van der Waals surface area (Å²) in [5, 5.41) is 9.53. The first-order valence-corrected chi connectivity index (χ1v) is 5.90. The van der Waals surface area contributed by atoms with Crippen LogP contribution in [-0.4, -0.2) is 18.2 Å². The lowest BCUT2D eigenvalue weighted by molar-refractivity contribution is 0.474. The van der Waals surface area contributed by atoms with Crippen molar-refractivity contribution >= 4 is 5.69 Å². The predicted molar refractivity (Wildman–Crippen MR) is 61.4 cm³/mol. The van der Waals surface area contributed by atoms with Crippen molar-refractivity contribution in [2.45, 2.75) is 25.7 Å². The van der Waals surface area contributed by atoms with Crippen LogP contribution in [0.1, 0.15) is 24.8 Å². The Labute approximate surface area is 90.5 Å². The van der Waals surface area contributed by atoms with Crippen LogP contribution in [0.25, 0.3) is 0 Å². The molecule has 2 heteroatoms. The van der Waals surface area contributed by atoms with Crippen LogP contribution in [0, 0.1) is 5.92 Å². The van der Waals surface area contributed by atoms with Crippen LogP contribution in [0.15, 0.2) is 18.2 Å². The Kier molecular flexibility index (Phi) is 2.08. The molecule has 3 rings (SSSR count). The molecule has 0 saturated heterocycles. The van der Waals surface area contributed by atoms with E-state index < -0.39 is 0 Å². The minimum absolute atomic E-state index is 0.399. The molecule has 2 nitrogen and oxygen atoms in total. The van der Waals surface area contributed by atoms with Crippen molar-refractivity contribution in [2.75, 3.05) is 18.0 Å². The number of nitrogens with zero attached hydrogens (tertiary/aromatic N) is 1. The number of anilines is 1. The first kappa shape index (κ1) is 9.08. The lowest BCUT2D eigenvalue weighted by atomic mass is 10.0. The number of aryl methyl sites for hydroxylation is 1. The molecule has 0 bridgehead atoms. The van der Waals surface area contributed by atoms with Crippen molar-refractivity contribution in [2.24, 2.45) is 5.92 Å². The quantitative estimate of drug-likeness (QED) is 0.798. The van der Waals surface area contributed by atoms with E-state index in [1.165, 1.54) is 37.1 Å². The summed E-state index contributed by atoms with van der Waals surface area (Å²) < 4.78 is 0. The lowest BCUT2D eigenvalue weighted by Gasteiger charge is -2.31. The summed E-state index contributed by atoms with van der Waals surface area (Å²) in [6.45, 7) is 2.35. The Hall–Kier alpha value is -1.18. The molecule has 1 aliphatic carbocycles. The van der Waals surface area contributed by atoms with Gasteiger partial charge in [0.05, 0.1) is 0 Å². The molecule has 0 spiro atoms. The highest BCUT2D eigenvalue weighted by molar-refractivity contribution is 5.58. The molecule has 0 radical (unpaired) electrons. The zero-order valence-electron chi connectivity index (χ0n) is 8.95. The Morgan fingerprint density at radius 1 is 1.33 bits per heavy atom. The van der Waals surface area contributed by atoms with Crippen molar-refractivity contribution in [3.05, 3.63) is 23.8 Å². The first-order valence-electron chi connectivity index (χ1n) is 5.90. The zero-order valence-corrected chi connectivity index (χ0v) is 8.95. The molecule has 15 heavy (non-hydrogen) atoms. The fourth-order valence-electron chi connectivity index (χ4n) is 2.44. The summed E-state index contributed by atoms with van der Waals surface area (Å²) in [4.78, 5) is 2.45. The third kappa shape index (κ3) is 1.81. The number of benzene rings is 1. The van der Waals surface area contributed by atoms with Crippen LogP contribution in [0.5, 0.6) is 5.75 Å². The van der Waals surface area contributed by atoms with Gasteiger partial charge in [0.2, 0.25) is 0 Å². The van der Waals surface area contributed by atoms with Crippen LogP contribution in [0.2, 0.25) is 0 Å². The van der Waals surface area contributed by atoms with Gasteiger partial charge in [0.15, 0.2) is 0 Å². The van der Waals surface area contributed by atoms with Gasteiger partial charge < -0.3 is 10.0 Å². The van der Waals surface area contributed by atoms with Crippen LogP contribution in [-0.2, 0) is 6.42 Å². The van der Waals surface area contributed by atoms with Crippen molar-refractivity contribution < 1.29 is 5.11 Å². The highest BCUT2D eigenvalue weighted by atomic mass is 16.3. The molecule has 1 saturated carbocycles. The van der Waals surface area contributed by atoms with Crippen LogP contribution in [0.4, 0.5) is 5.69 Å². The maximum absolute atomic E-state index is 9.53. The average molecular weight is 203 g/mol. The highest BCUT2D eigenvalue weighted by Gasteiger charge is 2.26. The number of aromatic hydroxyl groups is 1. The summed E-state index contributed by atoms with van der Waals surface area (Å²) in [6.07, 6.45) is 5.20. The molecule has 1 aliphatic heterocycles. The molecule has 0 aromatic heterocycles. The van der Waals surface area contributed by atoms with E-state index in [1.54, 1.807) is 6.07 Å². The smallest absolute Gasteiger partial charge is 0.117 e. The minimum Gasteiger partial charge on any atom is -0.508 e. The highest BCUT2D eigenvalue weighted by Crippen LogP contribution is 2.35. The Bertz CT molecular complexity index is 371. The standard InChI is InChI=1S/C13H17NO/c15-12-6-5-11-2-1-7-14(13(11)8-12)9-10-3-4-10/h5-6,8,10,15H,1-4,7,9H2. The van der Waals surface area contributed by atoms with Gasteiger partial charge in [0.25, 0.3) is 0 Å². The van der Waals surface area contributed by atoms with Gasteiger partial charge in [0.1, 0.15) is 5.75 Å². The number of hydrogen-bond donors (Lipinski definition) is 1. The molecule has 0 atom stereocenters. The zero-order chi connectivity index (χ0) is 10.3. The molecule has 0 unspecified atom stereocenters. The molecule has 1 N–H and O–H groups in total. The van der Waals surface area contributed by atoms with E-state index in [0.717, 1.165) is 18.9 Å². The summed E-state index contributed by atoms with van der Waals surface area (Å²) in [5.74, 6) is 1.31. The summed E-state index contributed by atoms with van der Waals surface area (Å²) >= 11 is 0. The maximum atomic E-state index is 9.53. The fourth-order valence-corrected chi connectivity index (χ4v) is 2.44. The van der Waals surface area contributed by atoms with E-state index >= 15 is 0 Å². The number of phenolic OH excluding ortho intramolecular Hbond substituents is 1. The topological polar surface area (TPSA) is 23.5 Å². The van der Waals surface area contributed by atoms with Gasteiger partial charge in [-0.15, -0.1) is 0 Å². The van der Waals surface area contributed by atoms with Crippen molar-refractivity contribution in [3.63, 3.8) is 0 Å². The van der Waals surface area contributed by atoms with E-state index in [-0.39, 0.29) is 0 Å². The van der Waals surface area contributed by atoms with E-state index in [9.17, 15) is 5.11 Å². The average Bonchev–Trinajstić information content (AvgIpc) is 3.03. The molecule has 1 aromatic rings. The lowest BCUT2D eigenvalue weighted by Crippen LogP contribution is -2.31. The fraction of sp³-hybridized carbons (Fsp3) is 0.538. The van der Waals surface area contributed by atoms with E-state index in [0.29, 0.717) is 5.75 Å². The molecule has 0 amide bonds. The van der Waals surface area contributed by atoms with Gasteiger partial charge in [0, 0.05) is 24.8 Å². The second-order valence-electron chi connectivity index (χ2n) is 4.81. The maximum Gasteiger partial charge on any atom is 0.117 e. The van der Waals surface area contributed by atoms with E-state index in [1.807, 2.05) is 6.07 Å². The van der Waals surface area contributed by atoms with Crippen molar-refractivity contribution in [1.29, 1.82) is 0 Å². The molecule has 80 valence electrons. The van der Waals surface area contributed by atoms with Gasteiger partial charge >= 0.3 is 0 Å². The third-order valence-corrected chi connectivity index (χ3v) is 3.46. The molecular formula is C13H17NO. The molecule has 1 heterocycles. The summed E-state index contributed by atoms with van der Waals surface area (Å²) in [7, 11) is 0.